The van der Waals surface area contributed by atoms with Crippen LogP contribution >= 0.6 is 0 Å². The van der Waals surface area contributed by atoms with Crippen LogP contribution in [0.4, 0.5) is 17.1 Å². The van der Waals surface area contributed by atoms with E-state index in [1.54, 1.807) is 12.1 Å². The van der Waals surface area contributed by atoms with Crippen molar-refractivity contribution in [3.05, 3.63) is 64.2 Å². The van der Waals surface area contributed by atoms with Crippen molar-refractivity contribution >= 4 is 17.1 Å². The second kappa shape index (κ2) is 5.52. The standard InChI is InChI=1S/C15H16N2O2/c1-11(2)12-3-5-13(6-4-12)16-14-7-9-15(10-8-14)17(18)19/h3-11,16H,1-2H3. The zero-order valence-corrected chi connectivity index (χ0v) is 11.0. The van der Waals surface area contributed by atoms with E-state index in [0.717, 1.165) is 11.4 Å². The average molecular weight is 256 g/mol. The van der Waals surface area contributed by atoms with E-state index in [1.807, 2.05) is 12.1 Å². The predicted molar refractivity (Wildman–Crippen MR) is 76.9 cm³/mol. The smallest absolute Gasteiger partial charge is 0.269 e. The summed E-state index contributed by atoms with van der Waals surface area (Å²) < 4.78 is 0. The molecule has 0 amide bonds. The molecule has 2 rings (SSSR count). The monoisotopic (exact) mass is 256 g/mol. The number of non-ortho nitro benzene ring substituents is 1. The van der Waals surface area contributed by atoms with Gasteiger partial charge < -0.3 is 5.32 Å². The normalized spacial score (nSPS) is 10.5. The SMILES string of the molecule is CC(C)c1ccc(Nc2ccc([N+](=O)[O-])cc2)cc1. The van der Waals surface area contributed by atoms with Gasteiger partial charge in [0.05, 0.1) is 4.92 Å². The molecule has 0 unspecified atom stereocenters. The average Bonchev–Trinajstić information content (AvgIpc) is 2.40. The quantitative estimate of drug-likeness (QED) is 0.649. The first-order valence-electron chi connectivity index (χ1n) is 6.17. The van der Waals surface area contributed by atoms with Gasteiger partial charge in [0, 0.05) is 23.5 Å². The van der Waals surface area contributed by atoms with E-state index in [2.05, 4.69) is 31.3 Å². The Morgan fingerprint density at radius 2 is 1.42 bits per heavy atom. The van der Waals surface area contributed by atoms with E-state index in [4.69, 9.17) is 0 Å². The van der Waals surface area contributed by atoms with Crippen LogP contribution in [0.3, 0.4) is 0 Å². The number of hydrogen-bond donors (Lipinski definition) is 1. The molecule has 4 heteroatoms. The molecule has 0 atom stereocenters. The topological polar surface area (TPSA) is 55.2 Å². The molecule has 1 N–H and O–H groups in total. The summed E-state index contributed by atoms with van der Waals surface area (Å²) in [5.41, 5.74) is 3.19. The summed E-state index contributed by atoms with van der Waals surface area (Å²) in [6.45, 7) is 4.30. The Hall–Kier alpha value is -2.36. The largest absolute Gasteiger partial charge is 0.356 e. The summed E-state index contributed by atoms with van der Waals surface area (Å²) in [7, 11) is 0. The Labute approximate surface area is 112 Å². The van der Waals surface area contributed by atoms with E-state index in [9.17, 15) is 10.1 Å². The van der Waals surface area contributed by atoms with Crippen molar-refractivity contribution in [1.29, 1.82) is 0 Å². The number of nitrogens with zero attached hydrogens (tertiary/aromatic N) is 1. The Morgan fingerprint density at radius 3 is 1.84 bits per heavy atom. The van der Waals surface area contributed by atoms with Gasteiger partial charge in [-0.3, -0.25) is 10.1 Å². The van der Waals surface area contributed by atoms with E-state index >= 15 is 0 Å². The zero-order chi connectivity index (χ0) is 13.8. The van der Waals surface area contributed by atoms with Gasteiger partial charge in [0.1, 0.15) is 0 Å². The van der Waals surface area contributed by atoms with Crippen molar-refractivity contribution in [2.45, 2.75) is 19.8 Å². The summed E-state index contributed by atoms with van der Waals surface area (Å²) in [6.07, 6.45) is 0. The van der Waals surface area contributed by atoms with Gasteiger partial charge in [-0.1, -0.05) is 26.0 Å². The lowest BCUT2D eigenvalue weighted by atomic mass is 10.0. The maximum atomic E-state index is 10.6. The van der Waals surface area contributed by atoms with Gasteiger partial charge in [-0.2, -0.15) is 0 Å². The minimum atomic E-state index is -0.402. The first-order valence-corrected chi connectivity index (χ1v) is 6.17. The molecule has 0 saturated heterocycles. The maximum absolute atomic E-state index is 10.6. The van der Waals surface area contributed by atoms with Gasteiger partial charge in [-0.25, -0.2) is 0 Å². The first-order chi connectivity index (χ1) is 9.06. The lowest BCUT2D eigenvalue weighted by molar-refractivity contribution is -0.384. The van der Waals surface area contributed by atoms with Crippen molar-refractivity contribution in [2.24, 2.45) is 0 Å². The molecule has 0 saturated carbocycles. The molecular weight excluding hydrogens is 240 g/mol. The van der Waals surface area contributed by atoms with Crippen molar-refractivity contribution in [3.8, 4) is 0 Å². The highest BCUT2D eigenvalue weighted by Crippen LogP contribution is 2.22. The number of nitrogens with one attached hydrogen (secondary N) is 1. The second-order valence-electron chi connectivity index (χ2n) is 4.71. The van der Waals surface area contributed by atoms with Crippen LogP contribution in [0.25, 0.3) is 0 Å². The molecule has 0 aliphatic rings. The van der Waals surface area contributed by atoms with Crippen LogP contribution in [0.1, 0.15) is 25.3 Å². The summed E-state index contributed by atoms with van der Waals surface area (Å²) in [6, 6.07) is 14.6. The summed E-state index contributed by atoms with van der Waals surface area (Å²) in [4.78, 5) is 10.2. The number of rotatable bonds is 4. The number of nitro benzene ring substituents is 1. The fourth-order valence-electron chi connectivity index (χ4n) is 1.78. The van der Waals surface area contributed by atoms with Gasteiger partial charge in [-0.15, -0.1) is 0 Å². The maximum Gasteiger partial charge on any atom is 0.269 e. The van der Waals surface area contributed by atoms with E-state index in [0.29, 0.717) is 5.92 Å². The molecule has 0 heterocycles. The van der Waals surface area contributed by atoms with Crippen LogP contribution in [0, 0.1) is 10.1 Å². The molecular formula is C15H16N2O2. The Morgan fingerprint density at radius 1 is 0.947 bits per heavy atom. The summed E-state index contributed by atoms with van der Waals surface area (Å²) in [5.74, 6) is 0.508. The molecule has 0 fully saturated rings. The third-order valence-corrected chi connectivity index (χ3v) is 2.94. The predicted octanol–water partition coefficient (Wildman–Crippen LogP) is 4.46. The highest BCUT2D eigenvalue weighted by molar-refractivity contribution is 5.61. The van der Waals surface area contributed by atoms with Crippen molar-refractivity contribution in [3.63, 3.8) is 0 Å². The molecule has 19 heavy (non-hydrogen) atoms. The molecule has 2 aromatic rings. The lowest BCUT2D eigenvalue weighted by Gasteiger charge is -2.09. The van der Waals surface area contributed by atoms with Crippen LogP contribution in [-0.2, 0) is 0 Å². The Bertz CT molecular complexity index is 560. The van der Waals surface area contributed by atoms with Crippen molar-refractivity contribution < 1.29 is 4.92 Å². The van der Waals surface area contributed by atoms with E-state index < -0.39 is 4.92 Å². The molecule has 0 aromatic heterocycles. The molecule has 0 radical (unpaired) electrons. The van der Waals surface area contributed by atoms with Crippen LogP contribution < -0.4 is 5.32 Å². The van der Waals surface area contributed by atoms with Gasteiger partial charge >= 0.3 is 0 Å². The highest BCUT2D eigenvalue weighted by atomic mass is 16.6. The highest BCUT2D eigenvalue weighted by Gasteiger charge is 2.04. The minimum Gasteiger partial charge on any atom is -0.356 e. The minimum absolute atomic E-state index is 0.0979. The van der Waals surface area contributed by atoms with E-state index in [1.165, 1.54) is 17.7 Å². The van der Waals surface area contributed by atoms with Gasteiger partial charge in [-0.05, 0) is 35.7 Å². The van der Waals surface area contributed by atoms with Crippen molar-refractivity contribution in [1.82, 2.24) is 0 Å². The number of benzene rings is 2. The first kappa shape index (κ1) is 13.1. The summed E-state index contributed by atoms with van der Waals surface area (Å²) >= 11 is 0. The van der Waals surface area contributed by atoms with Gasteiger partial charge in [0.15, 0.2) is 0 Å². The molecule has 0 spiro atoms. The van der Waals surface area contributed by atoms with Crippen LogP contribution in [0.15, 0.2) is 48.5 Å². The van der Waals surface area contributed by atoms with E-state index in [-0.39, 0.29) is 5.69 Å². The fraction of sp³-hybridized carbons (Fsp3) is 0.200. The second-order valence-corrected chi connectivity index (χ2v) is 4.71. The zero-order valence-electron chi connectivity index (χ0n) is 11.0. The van der Waals surface area contributed by atoms with Crippen molar-refractivity contribution in [2.75, 3.05) is 5.32 Å². The van der Waals surface area contributed by atoms with Gasteiger partial charge in [0.25, 0.3) is 5.69 Å². The molecule has 0 aliphatic heterocycles. The van der Waals surface area contributed by atoms with Crippen LogP contribution in [0.2, 0.25) is 0 Å². The number of nitro groups is 1. The molecule has 4 nitrogen and oxygen atoms in total. The number of hydrogen-bond acceptors (Lipinski definition) is 3. The Kier molecular flexibility index (Phi) is 3.80. The summed E-state index contributed by atoms with van der Waals surface area (Å²) in [5, 5.41) is 13.8. The molecule has 0 bridgehead atoms. The lowest BCUT2D eigenvalue weighted by Crippen LogP contribution is -1.93. The Balaban J connectivity index is 2.10. The van der Waals surface area contributed by atoms with Gasteiger partial charge in [0.2, 0.25) is 0 Å². The van der Waals surface area contributed by atoms with Crippen LogP contribution in [0.5, 0.6) is 0 Å². The third kappa shape index (κ3) is 3.31. The molecule has 0 aliphatic carbocycles. The molecule has 98 valence electrons. The van der Waals surface area contributed by atoms with Crippen LogP contribution in [-0.4, -0.2) is 4.92 Å². The third-order valence-electron chi connectivity index (χ3n) is 2.94. The molecule has 2 aromatic carbocycles. The number of anilines is 2. The fourth-order valence-corrected chi connectivity index (χ4v) is 1.78.